The normalized spacial score (nSPS) is 9.84. The van der Waals surface area contributed by atoms with E-state index < -0.39 is 0 Å². The minimum atomic E-state index is 1.13. The van der Waals surface area contributed by atoms with Crippen LogP contribution in [0, 0.1) is 20.8 Å². The van der Waals surface area contributed by atoms with E-state index in [2.05, 4.69) is 29.0 Å². The van der Waals surface area contributed by atoms with E-state index in [9.17, 15) is 0 Å². The van der Waals surface area contributed by atoms with Gasteiger partial charge in [-0.1, -0.05) is 30.3 Å². The van der Waals surface area contributed by atoms with Crippen molar-refractivity contribution in [3.05, 3.63) is 56.8 Å². The Morgan fingerprint density at radius 2 is 1.68 bits per heavy atom. The molecule has 0 aliphatic rings. The van der Waals surface area contributed by atoms with Crippen molar-refractivity contribution < 1.29 is 0 Å². The molecule has 0 radical (unpaired) electrons. The molecule has 1 aromatic carbocycles. The summed E-state index contributed by atoms with van der Waals surface area (Å²) in [6.45, 7) is 6.15. The maximum atomic E-state index is 4.50. The van der Waals surface area contributed by atoms with Crippen LogP contribution >= 0.6 is 22.7 Å². The van der Waals surface area contributed by atoms with Crippen LogP contribution in [0.15, 0.2) is 41.9 Å². The highest BCUT2D eigenvalue weighted by Gasteiger charge is 2.05. The first-order valence-corrected chi connectivity index (χ1v) is 7.72. The molecule has 3 aromatic rings. The molecule has 0 unspecified atom stereocenters. The molecule has 0 aliphatic carbocycles. The molecule has 0 N–H and O–H groups in total. The fourth-order valence-corrected chi connectivity index (χ4v) is 2.97. The van der Waals surface area contributed by atoms with E-state index in [-0.39, 0.29) is 0 Å². The fraction of sp³-hybridized carbons (Fsp3) is 0.200. The van der Waals surface area contributed by atoms with Crippen molar-refractivity contribution in [1.29, 1.82) is 0 Å². The van der Waals surface area contributed by atoms with E-state index in [0.717, 1.165) is 15.7 Å². The third-order valence-electron chi connectivity index (χ3n) is 2.51. The van der Waals surface area contributed by atoms with Gasteiger partial charge in [-0.3, -0.25) is 4.98 Å². The summed E-state index contributed by atoms with van der Waals surface area (Å²) in [5.74, 6) is 0. The minimum absolute atomic E-state index is 1.13. The maximum Gasteiger partial charge on any atom is 0.0904 e. The lowest BCUT2D eigenvalue weighted by molar-refractivity contribution is 1.28. The zero-order valence-electron chi connectivity index (χ0n) is 11.3. The smallest absolute Gasteiger partial charge is 0.0904 e. The fourth-order valence-electron chi connectivity index (χ4n) is 1.69. The Morgan fingerprint density at radius 3 is 2.11 bits per heavy atom. The van der Waals surface area contributed by atoms with Gasteiger partial charge in [0.05, 0.1) is 15.7 Å². The Kier molecular flexibility index (Phi) is 4.82. The molecular weight excluding hydrogens is 272 g/mol. The molecule has 19 heavy (non-hydrogen) atoms. The molecule has 4 heteroatoms. The molecule has 3 rings (SSSR count). The summed E-state index contributed by atoms with van der Waals surface area (Å²) in [6, 6.07) is 10.3. The molecule has 0 amide bonds. The first-order valence-electron chi connectivity index (χ1n) is 6.02. The summed E-state index contributed by atoms with van der Waals surface area (Å²) < 4.78 is 0. The highest BCUT2D eigenvalue weighted by molar-refractivity contribution is 7.11. The first-order chi connectivity index (χ1) is 9.16. The highest BCUT2D eigenvalue weighted by Crippen LogP contribution is 2.26. The quantitative estimate of drug-likeness (QED) is 0.638. The summed E-state index contributed by atoms with van der Waals surface area (Å²) >= 11 is 3.42. The molecule has 0 fully saturated rings. The van der Waals surface area contributed by atoms with Gasteiger partial charge in [0.2, 0.25) is 0 Å². The van der Waals surface area contributed by atoms with Gasteiger partial charge in [0.25, 0.3) is 0 Å². The van der Waals surface area contributed by atoms with E-state index in [1.54, 1.807) is 28.9 Å². The van der Waals surface area contributed by atoms with Crippen LogP contribution in [-0.4, -0.2) is 9.97 Å². The zero-order valence-corrected chi connectivity index (χ0v) is 12.9. The van der Waals surface area contributed by atoms with Crippen molar-refractivity contribution in [1.82, 2.24) is 9.97 Å². The van der Waals surface area contributed by atoms with Crippen LogP contribution < -0.4 is 0 Å². The predicted molar refractivity (Wildman–Crippen MR) is 83.9 cm³/mol. The number of nitrogens with zero attached hydrogens (tertiary/aromatic N) is 2. The maximum absolute atomic E-state index is 4.50. The molecule has 0 aliphatic heterocycles. The molecular formula is C15H16N2S2. The number of hydrogen-bond donors (Lipinski definition) is 0. The van der Waals surface area contributed by atoms with E-state index in [4.69, 9.17) is 0 Å². The number of hydrogen-bond acceptors (Lipinski definition) is 4. The van der Waals surface area contributed by atoms with Gasteiger partial charge in [-0.15, -0.1) is 22.7 Å². The van der Waals surface area contributed by atoms with E-state index in [1.807, 2.05) is 37.4 Å². The van der Waals surface area contributed by atoms with Gasteiger partial charge in [-0.05, 0) is 20.8 Å². The Hall–Kier alpha value is -1.52. The van der Waals surface area contributed by atoms with Crippen molar-refractivity contribution in [2.75, 3.05) is 0 Å². The van der Waals surface area contributed by atoms with E-state index >= 15 is 0 Å². The lowest BCUT2D eigenvalue weighted by Gasteiger charge is -1.96. The summed E-state index contributed by atoms with van der Waals surface area (Å²) in [5, 5.41) is 4.24. The number of thiazole rings is 2. The van der Waals surface area contributed by atoms with Crippen LogP contribution in [-0.2, 0) is 0 Å². The summed E-state index contributed by atoms with van der Waals surface area (Å²) in [5.41, 5.74) is 2.34. The second-order valence-corrected chi connectivity index (χ2v) is 6.56. The van der Waals surface area contributed by atoms with E-state index in [0.29, 0.717) is 0 Å². The third-order valence-corrected chi connectivity index (χ3v) is 4.10. The number of rotatable bonds is 1. The lowest BCUT2D eigenvalue weighted by Crippen LogP contribution is -1.79. The molecule has 0 saturated carbocycles. The molecule has 2 nitrogen and oxygen atoms in total. The van der Waals surface area contributed by atoms with Crippen LogP contribution in [0.2, 0.25) is 0 Å². The van der Waals surface area contributed by atoms with Crippen molar-refractivity contribution in [3.63, 3.8) is 0 Å². The SMILES string of the molecule is Cc1nc(-c2ccccc2)c(C)s1.Cc1nccs1. The number of aromatic nitrogens is 2. The molecule has 2 aromatic heterocycles. The highest BCUT2D eigenvalue weighted by atomic mass is 32.1. The van der Waals surface area contributed by atoms with Crippen LogP contribution in [0.25, 0.3) is 11.3 Å². The lowest BCUT2D eigenvalue weighted by atomic mass is 10.1. The van der Waals surface area contributed by atoms with Gasteiger partial charge in [0, 0.05) is 22.0 Å². The summed E-state index contributed by atoms with van der Waals surface area (Å²) in [7, 11) is 0. The summed E-state index contributed by atoms with van der Waals surface area (Å²) in [6.07, 6.45) is 1.81. The Bertz CT molecular complexity index is 613. The second-order valence-electron chi connectivity index (χ2n) is 4.05. The second kappa shape index (κ2) is 6.59. The van der Waals surface area contributed by atoms with Gasteiger partial charge in [-0.25, -0.2) is 4.98 Å². The topological polar surface area (TPSA) is 25.8 Å². The predicted octanol–water partition coefficient (Wildman–Crippen LogP) is 4.88. The Balaban J connectivity index is 0.000000186. The molecule has 2 heterocycles. The van der Waals surface area contributed by atoms with Crippen molar-refractivity contribution in [2.45, 2.75) is 20.8 Å². The standard InChI is InChI=1S/C11H11NS.C4H5NS/c1-8-11(12-9(2)13-8)10-6-4-3-5-7-10;1-4-5-2-3-6-4/h3-7H,1-2H3;2-3H,1H3. The average Bonchev–Trinajstić information content (AvgIpc) is 3.00. The third kappa shape index (κ3) is 3.98. The van der Waals surface area contributed by atoms with Crippen LogP contribution in [0.5, 0.6) is 0 Å². The van der Waals surface area contributed by atoms with Gasteiger partial charge in [-0.2, -0.15) is 0 Å². The Labute approximate surface area is 121 Å². The minimum Gasteiger partial charge on any atom is -0.250 e. The van der Waals surface area contributed by atoms with Crippen molar-refractivity contribution in [2.24, 2.45) is 0 Å². The number of aryl methyl sites for hydroxylation is 3. The molecule has 0 atom stereocenters. The van der Waals surface area contributed by atoms with Crippen LogP contribution in [0.3, 0.4) is 0 Å². The van der Waals surface area contributed by atoms with Gasteiger partial charge < -0.3 is 0 Å². The van der Waals surface area contributed by atoms with Gasteiger partial charge in [0.1, 0.15) is 0 Å². The molecule has 0 bridgehead atoms. The largest absolute Gasteiger partial charge is 0.250 e. The van der Waals surface area contributed by atoms with Crippen LogP contribution in [0.1, 0.15) is 14.9 Å². The van der Waals surface area contributed by atoms with Crippen LogP contribution in [0.4, 0.5) is 0 Å². The average molecular weight is 288 g/mol. The van der Waals surface area contributed by atoms with Gasteiger partial charge >= 0.3 is 0 Å². The zero-order chi connectivity index (χ0) is 13.7. The molecule has 98 valence electrons. The van der Waals surface area contributed by atoms with Crippen molar-refractivity contribution >= 4 is 22.7 Å². The summed E-state index contributed by atoms with van der Waals surface area (Å²) in [4.78, 5) is 9.73. The Morgan fingerprint density at radius 1 is 0.947 bits per heavy atom. The number of benzene rings is 1. The first kappa shape index (κ1) is 13.9. The molecule has 0 spiro atoms. The van der Waals surface area contributed by atoms with E-state index in [1.165, 1.54) is 10.4 Å². The van der Waals surface area contributed by atoms with Crippen molar-refractivity contribution in [3.8, 4) is 11.3 Å². The molecule has 0 saturated heterocycles. The van der Waals surface area contributed by atoms with Gasteiger partial charge in [0.15, 0.2) is 0 Å². The monoisotopic (exact) mass is 288 g/mol.